The summed E-state index contributed by atoms with van der Waals surface area (Å²) in [6, 6.07) is 0. The summed E-state index contributed by atoms with van der Waals surface area (Å²) < 4.78 is 0.499. The maximum absolute atomic E-state index is 11.7. The smallest absolute Gasteiger partial charge is 0.267 e. The van der Waals surface area contributed by atoms with E-state index in [4.69, 9.17) is 0 Å². The van der Waals surface area contributed by atoms with Crippen molar-refractivity contribution in [2.75, 3.05) is 0 Å². The van der Waals surface area contributed by atoms with Crippen LogP contribution in [-0.4, -0.2) is 9.71 Å². The van der Waals surface area contributed by atoms with E-state index in [2.05, 4.69) is 4.98 Å². The first-order valence-electron chi connectivity index (χ1n) is 5.75. The Morgan fingerprint density at radius 1 is 1.44 bits per heavy atom. The highest BCUT2D eigenvalue weighted by atomic mass is 16.5. The summed E-state index contributed by atoms with van der Waals surface area (Å²) in [5.41, 5.74) is 0.351. The predicted molar refractivity (Wildman–Crippen MR) is 64.5 cm³/mol. The van der Waals surface area contributed by atoms with Crippen molar-refractivity contribution in [1.29, 1.82) is 0 Å². The Bertz CT molecular complexity index is 410. The Morgan fingerprint density at radius 3 is 2.56 bits per heavy atom. The first-order chi connectivity index (χ1) is 7.47. The Hall–Kier alpha value is -1.32. The molecule has 0 fully saturated rings. The van der Waals surface area contributed by atoms with Gasteiger partial charge in [0.15, 0.2) is 0 Å². The molecule has 0 N–H and O–H groups in total. The van der Waals surface area contributed by atoms with Gasteiger partial charge in [-0.2, -0.15) is 0 Å². The molecule has 0 saturated carbocycles. The predicted octanol–water partition coefficient (Wildman–Crippen LogP) is 2.30. The monoisotopic (exact) mass is 223 g/mol. The zero-order valence-electron chi connectivity index (χ0n) is 10.4. The van der Waals surface area contributed by atoms with Gasteiger partial charge in [0.1, 0.15) is 5.69 Å². The highest BCUT2D eigenvalue weighted by Crippen LogP contribution is 2.16. The zero-order valence-corrected chi connectivity index (χ0v) is 10.4. The molecule has 0 aromatic carbocycles. The van der Waals surface area contributed by atoms with Gasteiger partial charge in [-0.05, 0) is 24.7 Å². The molecule has 1 aromatic heterocycles. The molecule has 1 aromatic rings. The van der Waals surface area contributed by atoms with Crippen LogP contribution < -0.4 is 5.56 Å². The first kappa shape index (κ1) is 12.7. The third kappa shape index (κ3) is 2.62. The first-order valence-corrected chi connectivity index (χ1v) is 5.75. The number of nitrogens with zero attached hydrogens (tertiary/aromatic N) is 2. The van der Waals surface area contributed by atoms with E-state index in [0.717, 1.165) is 6.42 Å². The third-order valence-electron chi connectivity index (χ3n) is 2.74. The summed E-state index contributed by atoms with van der Waals surface area (Å²) in [6.07, 6.45) is 2.93. The van der Waals surface area contributed by atoms with E-state index in [9.17, 15) is 10.0 Å². The number of aromatic nitrogens is 2. The Morgan fingerprint density at radius 2 is 2.06 bits per heavy atom. The SMILES string of the molecule is CCC(C)c1cnc(CC(C)C)c(=O)n1[O-]. The van der Waals surface area contributed by atoms with Crippen LogP contribution >= 0.6 is 0 Å². The molecule has 16 heavy (non-hydrogen) atoms. The van der Waals surface area contributed by atoms with Gasteiger partial charge in [-0.1, -0.05) is 27.7 Å². The van der Waals surface area contributed by atoms with E-state index in [1.807, 2.05) is 27.7 Å². The molecule has 0 amide bonds. The van der Waals surface area contributed by atoms with Crippen molar-refractivity contribution < 1.29 is 0 Å². The van der Waals surface area contributed by atoms with Gasteiger partial charge in [0, 0.05) is 11.9 Å². The Labute approximate surface area is 95.9 Å². The van der Waals surface area contributed by atoms with E-state index < -0.39 is 5.56 Å². The Kier molecular flexibility index (Phi) is 4.10. The average Bonchev–Trinajstić information content (AvgIpc) is 2.23. The molecule has 0 spiro atoms. The fourth-order valence-corrected chi connectivity index (χ4v) is 1.55. The number of hydrogen-bond acceptors (Lipinski definition) is 3. The highest BCUT2D eigenvalue weighted by molar-refractivity contribution is 5.11. The minimum atomic E-state index is -0.494. The topological polar surface area (TPSA) is 58.0 Å². The maximum Gasteiger partial charge on any atom is 0.267 e. The van der Waals surface area contributed by atoms with Gasteiger partial charge in [-0.25, -0.2) is 0 Å². The maximum atomic E-state index is 11.7. The van der Waals surface area contributed by atoms with E-state index in [1.165, 1.54) is 0 Å². The lowest BCUT2D eigenvalue weighted by Gasteiger charge is -2.21. The van der Waals surface area contributed by atoms with Crippen LogP contribution in [0.25, 0.3) is 0 Å². The summed E-state index contributed by atoms with van der Waals surface area (Å²) >= 11 is 0. The molecular weight excluding hydrogens is 204 g/mol. The largest absolute Gasteiger partial charge is 0.803 e. The number of rotatable bonds is 4. The lowest BCUT2D eigenvalue weighted by Crippen LogP contribution is -2.26. The van der Waals surface area contributed by atoms with Crippen LogP contribution in [-0.2, 0) is 6.42 Å². The van der Waals surface area contributed by atoms with Gasteiger partial charge in [-0.15, -0.1) is 0 Å². The lowest BCUT2D eigenvalue weighted by atomic mass is 10.0. The summed E-state index contributed by atoms with van der Waals surface area (Å²) in [4.78, 5) is 15.8. The van der Waals surface area contributed by atoms with Crippen molar-refractivity contribution in [2.45, 2.75) is 46.5 Å². The molecule has 0 radical (unpaired) electrons. The van der Waals surface area contributed by atoms with Gasteiger partial charge < -0.3 is 9.94 Å². The molecule has 90 valence electrons. The van der Waals surface area contributed by atoms with Crippen molar-refractivity contribution in [3.8, 4) is 0 Å². The van der Waals surface area contributed by atoms with Crippen LogP contribution in [0.3, 0.4) is 0 Å². The van der Waals surface area contributed by atoms with E-state index in [1.54, 1.807) is 6.20 Å². The van der Waals surface area contributed by atoms with Gasteiger partial charge >= 0.3 is 0 Å². The summed E-state index contributed by atoms with van der Waals surface area (Å²) in [6.45, 7) is 7.90. The molecule has 4 nitrogen and oxygen atoms in total. The quantitative estimate of drug-likeness (QED) is 0.787. The van der Waals surface area contributed by atoms with Crippen molar-refractivity contribution in [2.24, 2.45) is 5.92 Å². The molecule has 1 unspecified atom stereocenters. The van der Waals surface area contributed by atoms with Gasteiger partial charge in [0.2, 0.25) is 0 Å². The third-order valence-corrected chi connectivity index (χ3v) is 2.74. The van der Waals surface area contributed by atoms with Crippen LogP contribution in [0, 0.1) is 11.1 Å². The van der Waals surface area contributed by atoms with Crippen molar-refractivity contribution in [1.82, 2.24) is 9.71 Å². The molecule has 1 rings (SSSR count). The minimum absolute atomic E-state index is 0.0748. The second-order valence-corrected chi connectivity index (χ2v) is 4.64. The average molecular weight is 223 g/mol. The molecular formula is C12H19N2O2-. The molecule has 4 heteroatoms. The van der Waals surface area contributed by atoms with Gasteiger partial charge in [-0.3, -0.25) is 9.78 Å². The fraction of sp³-hybridized carbons (Fsp3) is 0.667. The molecule has 0 aliphatic carbocycles. The number of hydrogen-bond donors (Lipinski definition) is 0. The normalized spacial score (nSPS) is 13.1. The Balaban J connectivity index is 3.13. The van der Waals surface area contributed by atoms with Crippen molar-refractivity contribution >= 4 is 0 Å². The van der Waals surface area contributed by atoms with Crippen LogP contribution in [0.1, 0.15) is 51.4 Å². The summed E-state index contributed by atoms with van der Waals surface area (Å²) in [7, 11) is 0. The van der Waals surface area contributed by atoms with E-state index in [0.29, 0.717) is 28.5 Å². The zero-order chi connectivity index (χ0) is 12.3. The van der Waals surface area contributed by atoms with E-state index in [-0.39, 0.29) is 5.92 Å². The van der Waals surface area contributed by atoms with Crippen molar-refractivity contribution in [3.05, 3.63) is 33.1 Å². The molecule has 0 bridgehead atoms. The van der Waals surface area contributed by atoms with Crippen LogP contribution in [0.5, 0.6) is 0 Å². The standard InChI is InChI=1S/C12H19N2O2/c1-5-9(4)11-7-13-10(6-8(2)3)12(15)14(11)16/h7-9H,5-6H2,1-4H3/q-1. The summed E-state index contributed by atoms with van der Waals surface area (Å²) in [5, 5.41) is 11.7. The molecule has 1 atom stereocenters. The van der Waals surface area contributed by atoms with Crippen LogP contribution in [0.2, 0.25) is 0 Å². The fourth-order valence-electron chi connectivity index (χ4n) is 1.55. The van der Waals surface area contributed by atoms with Gasteiger partial charge in [0.25, 0.3) is 5.56 Å². The van der Waals surface area contributed by atoms with Crippen LogP contribution in [0.4, 0.5) is 0 Å². The lowest BCUT2D eigenvalue weighted by molar-refractivity contribution is 0.610. The minimum Gasteiger partial charge on any atom is -0.803 e. The highest BCUT2D eigenvalue weighted by Gasteiger charge is 2.10. The van der Waals surface area contributed by atoms with Crippen molar-refractivity contribution in [3.63, 3.8) is 0 Å². The molecule has 0 saturated heterocycles. The van der Waals surface area contributed by atoms with Gasteiger partial charge in [0.05, 0.1) is 0 Å². The van der Waals surface area contributed by atoms with E-state index >= 15 is 0 Å². The van der Waals surface area contributed by atoms with Crippen LogP contribution in [0.15, 0.2) is 11.0 Å². The second-order valence-electron chi connectivity index (χ2n) is 4.64. The molecule has 0 aliphatic rings. The second kappa shape index (κ2) is 5.14. The molecule has 1 heterocycles. The summed E-state index contributed by atoms with van der Waals surface area (Å²) in [5.74, 6) is 0.403. The molecule has 0 aliphatic heterocycles.